The Morgan fingerprint density at radius 3 is 2.81 bits per heavy atom. The molecule has 0 saturated heterocycles. The highest BCUT2D eigenvalue weighted by Crippen LogP contribution is 2.34. The van der Waals surface area contributed by atoms with Crippen LogP contribution in [0.5, 0.6) is 0 Å². The number of H-pyrrole nitrogens is 1. The van der Waals surface area contributed by atoms with Crippen LogP contribution in [0, 0.1) is 0 Å². The van der Waals surface area contributed by atoms with E-state index in [1.807, 2.05) is 24.3 Å². The van der Waals surface area contributed by atoms with Crippen LogP contribution in [0.15, 0.2) is 29.1 Å². The van der Waals surface area contributed by atoms with Crippen LogP contribution in [-0.2, 0) is 6.54 Å². The zero-order valence-electron chi connectivity index (χ0n) is 11.5. The molecule has 0 radical (unpaired) electrons. The van der Waals surface area contributed by atoms with Crippen molar-refractivity contribution >= 4 is 23.1 Å². The number of nitrogens with two attached hydrogens (primary N) is 1. The minimum Gasteiger partial charge on any atom is -0.391 e. The van der Waals surface area contributed by atoms with Gasteiger partial charge in [-0.25, -0.2) is 4.98 Å². The second-order valence-electron chi connectivity index (χ2n) is 5.29. The Labute approximate surface area is 127 Å². The molecule has 21 heavy (non-hydrogen) atoms. The molecule has 1 fully saturated rings. The first-order valence-corrected chi connectivity index (χ1v) is 7.40. The van der Waals surface area contributed by atoms with Crippen molar-refractivity contribution in [2.24, 2.45) is 0 Å². The molecule has 2 aromatic rings. The zero-order chi connectivity index (χ0) is 14.8. The van der Waals surface area contributed by atoms with E-state index >= 15 is 0 Å². The van der Waals surface area contributed by atoms with E-state index in [0.717, 1.165) is 24.2 Å². The van der Waals surface area contributed by atoms with Crippen LogP contribution in [0.25, 0.3) is 0 Å². The Morgan fingerprint density at radius 1 is 1.38 bits per heavy atom. The van der Waals surface area contributed by atoms with Crippen LogP contribution in [0.4, 0.5) is 11.5 Å². The standard InChI is InChI=1S/C15H17ClN4O/c16-11-7-2-1-4-10(11)8-18-14-12(17)15(21)20-13(19-14)9-5-3-6-9/h1-2,4,7,9H,3,5-6,8,17H2,(H2,18,19,20,21). The van der Waals surface area contributed by atoms with Crippen LogP contribution in [0.2, 0.25) is 5.02 Å². The summed E-state index contributed by atoms with van der Waals surface area (Å²) >= 11 is 6.12. The highest BCUT2D eigenvalue weighted by atomic mass is 35.5. The molecule has 1 saturated carbocycles. The maximum atomic E-state index is 11.9. The molecule has 0 bridgehead atoms. The van der Waals surface area contributed by atoms with Gasteiger partial charge in [0.15, 0.2) is 5.82 Å². The second-order valence-corrected chi connectivity index (χ2v) is 5.69. The fraction of sp³-hybridized carbons (Fsp3) is 0.333. The van der Waals surface area contributed by atoms with E-state index < -0.39 is 0 Å². The summed E-state index contributed by atoms with van der Waals surface area (Å²) in [5, 5.41) is 3.79. The first kappa shape index (κ1) is 13.9. The predicted octanol–water partition coefficient (Wildman–Crippen LogP) is 2.89. The third kappa shape index (κ3) is 2.88. The quantitative estimate of drug-likeness (QED) is 0.811. The molecule has 5 nitrogen and oxygen atoms in total. The average molecular weight is 305 g/mol. The second kappa shape index (κ2) is 5.77. The highest BCUT2D eigenvalue weighted by molar-refractivity contribution is 6.31. The SMILES string of the molecule is Nc1c(NCc2ccccc2Cl)nc(C2CCC2)[nH]c1=O. The summed E-state index contributed by atoms with van der Waals surface area (Å²) in [4.78, 5) is 19.1. The lowest BCUT2D eigenvalue weighted by Gasteiger charge is -2.24. The Hall–Kier alpha value is -2.01. The summed E-state index contributed by atoms with van der Waals surface area (Å²) in [6.07, 6.45) is 3.31. The molecule has 1 aliphatic rings. The predicted molar refractivity (Wildman–Crippen MR) is 84.6 cm³/mol. The molecule has 0 spiro atoms. The summed E-state index contributed by atoms with van der Waals surface area (Å²) < 4.78 is 0. The van der Waals surface area contributed by atoms with E-state index in [4.69, 9.17) is 17.3 Å². The molecule has 0 atom stereocenters. The number of hydrogen-bond acceptors (Lipinski definition) is 4. The van der Waals surface area contributed by atoms with Crippen molar-refractivity contribution in [1.29, 1.82) is 0 Å². The number of benzene rings is 1. The van der Waals surface area contributed by atoms with Crippen molar-refractivity contribution in [2.75, 3.05) is 11.1 Å². The minimum absolute atomic E-state index is 0.116. The van der Waals surface area contributed by atoms with Gasteiger partial charge >= 0.3 is 0 Å². The van der Waals surface area contributed by atoms with Crippen molar-refractivity contribution in [3.8, 4) is 0 Å². The fourth-order valence-corrected chi connectivity index (χ4v) is 2.53. The van der Waals surface area contributed by atoms with Gasteiger partial charge in [-0.05, 0) is 24.5 Å². The van der Waals surface area contributed by atoms with Gasteiger partial charge in [-0.15, -0.1) is 0 Å². The van der Waals surface area contributed by atoms with Crippen molar-refractivity contribution in [3.05, 3.63) is 51.0 Å². The van der Waals surface area contributed by atoms with E-state index in [-0.39, 0.29) is 11.2 Å². The topological polar surface area (TPSA) is 83.8 Å². The molecule has 6 heteroatoms. The minimum atomic E-state index is -0.284. The number of nitrogens with one attached hydrogen (secondary N) is 2. The summed E-state index contributed by atoms with van der Waals surface area (Å²) in [5.41, 5.74) is 6.58. The number of hydrogen-bond donors (Lipinski definition) is 3. The molecule has 1 aromatic carbocycles. The van der Waals surface area contributed by atoms with Gasteiger partial charge in [0.25, 0.3) is 5.56 Å². The average Bonchev–Trinajstić information content (AvgIpc) is 2.40. The molecule has 3 rings (SSSR count). The monoisotopic (exact) mass is 304 g/mol. The van der Waals surface area contributed by atoms with Gasteiger partial charge in [0.1, 0.15) is 11.5 Å². The largest absolute Gasteiger partial charge is 0.391 e. The number of nitrogen functional groups attached to an aromatic ring is 1. The van der Waals surface area contributed by atoms with Crippen LogP contribution in [0.3, 0.4) is 0 Å². The summed E-state index contributed by atoms with van der Waals surface area (Å²) in [7, 11) is 0. The molecular weight excluding hydrogens is 288 g/mol. The van der Waals surface area contributed by atoms with Gasteiger partial charge in [-0.1, -0.05) is 36.2 Å². The fourth-order valence-electron chi connectivity index (χ4n) is 2.33. The molecule has 1 aliphatic carbocycles. The van der Waals surface area contributed by atoms with E-state index in [1.165, 1.54) is 6.42 Å². The summed E-state index contributed by atoms with van der Waals surface area (Å²) in [6.45, 7) is 0.477. The Morgan fingerprint density at radius 2 is 2.14 bits per heavy atom. The highest BCUT2D eigenvalue weighted by Gasteiger charge is 2.23. The van der Waals surface area contributed by atoms with Gasteiger partial charge < -0.3 is 16.0 Å². The van der Waals surface area contributed by atoms with Gasteiger partial charge in [0.05, 0.1) is 0 Å². The van der Waals surface area contributed by atoms with Crippen LogP contribution < -0.4 is 16.6 Å². The summed E-state index contributed by atoms with van der Waals surface area (Å²) in [6, 6.07) is 7.54. The number of anilines is 2. The van der Waals surface area contributed by atoms with Crippen LogP contribution in [-0.4, -0.2) is 9.97 Å². The zero-order valence-corrected chi connectivity index (χ0v) is 12.3. The van der Waals surface area contributed by atoms with Crippen LogP contribution in [0.1, 0.15) is 36.6 Å². The number of rotatable bonds is 4. The number of halogens is 1. The lowest BCUT2D eigenvalue weighted by atomic mass is 9.85. The van der Waals surface area contributed by atoms with Crippen LogP contribution >= 0.6 is 11.6 Å². The third-order valence-corrected chi connectivity index (χ3v) is 4.24. The van der Waals surface area contributed by atoms with Crippen molar-refractivity contribution in [3.63, 3.8) is 0 Å². The Kier molecular flexibility index (Phi) is 3.84. The molecule has 4 N–H and O–H groups in total. The maximum Gasteiger partial charge on any atom is 0.276 e. The Bertz CT molecular complexity index is 709. The third-order valence-electron chi connectivity index (χ3n) is 3.87. The smallest absolute Gasteiger partial charge is 0.276 e. The lowest BCUT2D eigenvalue weighted by molar-refractivity contribution is 0.401. The number of aromatic amines is 1. The Balaban J connectivity index is 1.82. The van der Waals surface area contributed by atoms with Crippen molar-refractivity contribution in [2.45, 2.75) is 31.7 Å². The maximum absolute atomic E-state index is 11.9. The molecular formula is C15H17ClN4O. The van der Waals surface area contributed by atoms with E-state index in [1.54, 1.807) is 0 Å². The molecule has 110 valence electrons. The molecule has 0 unspecified atom stereocenters. The number of nitrogens with zero attached hydrogens (tertiary/aromatic N) is 1. The van der Waals surface area contributed by atoms with E-state index in [2.05, 4.69) is 15.3 Å². The molecule has 1 heterocycles. The van der Waals surface area contributed by atoms with Gasteiger partial charge in [0.2, 0.25) is 0 Å². The first-order chi connectivity index (χ1) is 10.1. The van der Waals surface area contributed by atoms with E-state index in [9.17, 15) is 4.79 Å². The van der Waals surface area contributed by atoms with Gasteiger partial charge in [-0.2, -0.15) is 0 Å². The summed E-state index contributed by atoms with van der Waals surface area (Å²) in [5.74, 6) is 1.50. The molecule has 0 amide bonds. The van der Waals surface area contributed by atoms with Crippen molar-refractivity contribution in [1.82, 2.24) is 9.97 Å². The molecule has 0 aliphatic heterocycles. The van der Waals surface area contributed by atoms with Gasteiger partial charge in [-0.3, -0.25) is 4.79 Å². The normalized spacial score (nSPS) is 14.7. The molecule has 1 aromatic heterocycles. The first-order valence-electron chi connectivity index (χ1n) is 7.02. The van der Waals surface area contributed by atoms with Gasteiger partial charge in [0, 0.05) is 17.5 Å². The lowest BCUT2D eigenvalue weighted by Crippen LogP contribution is -2.23. The van der Waals surface area contributed by atoms with E-state index in [0.29, 0.717) is 23.3 Å². The van der Waals surface area contributed by atoms with Crippen molar-refractivity contribution < 1.29 is 0 Å². The number of aromatic nitrogens is 2.